The minimum atomic E-state index is 0.0372. The number of amides is 1. The van der Waals surface area contributed by atoms with E-state index in [9.17, 15) is 4.79 Å². The quantitative estimate of drug-likeness (QED) is 0.921. The molecule has 1 aromatic carbocycles. The average molecular weight is 342 g/mol. The Morgan fingerprint density at radius 3 is 2.58 bits per heavy atom. The zero-order chi connectivity index (χ0) is 16.5. The SMILES string of the molecule is C[C@@H]1[C@H](NC(=O)c2ccc(Sc3ccco3)cc2)C2CCN1CC2. The number of carbonyl (C=O) groups is 1. The Balaban J connectivity index is 1.41. The normalized spacial score (nSPS) is 28.7. The molecular formula is C19H22N2O2S. The second-order valence-electron chi connectivity index (χ2n) is 6.67. The van der Waals surface area contributed by atoms with Gasteiger partial charge in [0.15, 0.2) is 5.09 Å². The van der Waals surface area contributed by atoms with Gasteiger partial charge in [0.2, 0.25) is 0 Å². The van der Waals surface area contributed by atoms with Gasteiger partial charge in [0.05, 0.1) is 6.26 Å². The Morgan fingerprint density at radius 1 is 1.21 bits per heavy atom. The Labute approximate surface area is 146 Å². The van der Waals surface area contributed by atoms with Crippen LogP contribution in [-0.4, -0.2) is 36.0 Å². The Kier molecular flexibility index (Phi) is 4.37. The van der Waals surface area contributed by atoms with E-state index in [1.165, 1.54) is 25.9 Å². The molecule has 3 saturated heterocycles. The van der Waals surface area contributed by atoms with Gasteiger partial charge < -0.3 is 9.73 Å². The van der Waals surface area contributed by atoms with E-state index in [4.69, 9.17) is 4.42 Å². The number of carbonyl (C=O) groups excluding carboxylic acids is 1. The first-order valence-corrected chi connectivity index (χ1v) is 9.39. The van der Waals surface area contributed by atoms with Crippen LogP contribution in [0.25, 0.3) is 0 Å². The van der Waals surface area contributed by atoms with Crippen LogP contribution in [0.2, 0.25) is 0 Å². The molecule has 0 saturated carbocycles. The van der Waals surface area contributed by atoms with Crippen molar-refractivity contribution in [2.45, 2.75) is 41.8 Å². The molecule has 3 aliphatic heterocycles. The molecule has 2 aromatic rings. The largest absolute Gasteiger partial charge is 0.458 e. The van der Waals surface area contributed by atoms with Crippen LogP contribution in [0.3, 0.4) is 0 Å². The molecule has 0 aliphatic carbocycles. The molecule has 5 rings (SSSR count). The van der Waals surface area contributed by atoms with Crippen molar-refractivity contribution in [3.63, 3.8) is 0 Å². The third-order valence-corrected chi connectivity index (χ3v) is 6.25. The molecule has 24 heavy (non-hydrogen) atoms. The van der Waals surface area contributed by atoms with E-state index in [1.807, 2.05) is 36.4 Å². The van der Waals surface area contributed by atoms with Crippen molar-refractivity contribution in [3.8, 4) is 0 Å². The molecule has 1 N–H and O–H groups in total. The second-order valence-corrected chi connectivity index (χ2v) is 7.75. The smallest absolute Gasteiger partial charge is 0.251 e. The summed E-state index contributed by atoms with van der Waals surface area (Å²) in [7, 11) is 0. The minimum Gasteiger partial charge on any atom is -0.458 e. The maximum atomic E-state index is 12.6. The zero-order valence-electron chi connectivity index (χ0n) is 13.8. The minimum absolute atomic E-state index is 0.0372. The summed E-state index contributed by atoms with van der Waals surface area (Å²) in [6.07, 6.45) is 4.07. The molecular weight excluding hydrogens is 320 g/mol. The fourth-order valence-electron chi connectivity index (χ4n) is 3.89. The van der Waals surface area contributed by atoms with Crippen LogP contribution in [0, 0.1) is 5.92 Å². The lowest BCUT2D eigenvalue weighted by Gasteiger charge is -2.49. The van der Waals surface area contributed by atoms with Gasteiger partial charge in [-0.25, -0.2) is 0 Å². The van der Waals surface area contributed by atoms with E-state index < -0.39 is 0 Å². The van der Waals surface area contributed by atoms with Crippen molar-refractivity contribution in [2.75, 3.05) is 13.1 Å². The van der Waals surface area contributed by atoms with Gasteiger partial charge >= 0.3 is 0 Å². The van der Waals surface area contributed by atoms with Gasteiger partial charge in [0, 0.05) is 22.5 Å². The lowest BCUT2D eigenvalue weighted by Crippen LogP contribution is -2.62. The summed E-state index contributed by atoms with van der Waals surface area (Å²) in [5.74, 6) is 0.665. The molecule has 1 amide bonds. The number of hydrogen-bond donors (Lipinski definition) is 1. The second kappa shape index (κ2) is 6.65. The maximum Gasteiger partial charge on any atom is 0.251 e. The highest BCUT2D eigenvalue weighted by molar-refractivity contribution is 7.99. The predicted molar refractivity (Wildman–Crippen MR) is 94.3 cm³/mol. The first-order chi connectivity index (χ1) is 11.7. The van der Waals surface area contributed by atoms with E-state index in [-0.39, 0.29) is 11.9 Å². The molecule has 2 atom stereocenters. The van der Waals surface area contributed by atoms with Gasteiger partial charge in [-0.05, 0) is 75.2 Å². The summed E-state index contributed by atoms with van der Waals surface area (Å²) in [5, 5.41) is 4.13. The van der Waals surface area contributed by atoms with Crippen LogP contribution in [0.1, 0.15) is 30.1 Å². The number of piperidine rings is 3. The topological polar surface area (TPSA) is 45.5 Å². The number of hydrogen-bond acceptors (Lipinski definition) is 4. The summed E-state index contributed by atoms with van der Waals surface area (Å²) < 4.78 is 5.33. The molecule has 5 heteroatoms. The highest BCUT2D eigenvalue weighted by Gasteiger charge is 2.40. The first kappa shape index (κ1) is 15.8. The van der Waals surface area contributed by atoms with E-state index >= 15 is 0 Å². The number of furan rings is 1. The van der Waals surface area contributed by atoms with E-state index in [2.05, 4.69) is 17.1 Å². The molecule has 2 bridgehead atoms. The Morgan fingerprint density at radius 2 is 1.96 bits per heavy atom. The molecule has 0 radical (unpaired) electrons. The summed E-state index contributed by atoms with van der Waals surface area (Å²) >= 11 is 1.56. The van der Waals surface area contributed by atoms with Crippen LogP contribution >= 0.6 is 11.8 Å². The number of benzene rings is 1. The van der Waals surface area contributed by atoms with E-state index in [1.54, 1.807) is 18.0 Å². The average Bonchev–Trinajstić information content (AvgIpc) is 3.12. The fraction of sp³-hybridized carbons (Fsp3) is 0.421. The predicted octanol–water partition coefficient (Wildman–Crippen LogP) is 3.64. The lowest BCUT2D eigenvalue weighted by atomic mass is 9.79. The van der Waals surface area contributed by atoms with Crippen molar-refractivity contribution in [2.24, 2.45) is 5.92 Å². The van der Waals surface area contributed by atoms with Crippen LogP contribution in [0.5, 0.6) is 0 Å². The van der Waals surface area contributed by atoms with Crippen LogP contribution in [-0.2, 0) is 0 Å². The third-order valence-electron chi connectivity index (χ3n) is 5.31. The number of nitrogens with one attached hydrogen (secondary N) is 1. The highest BCUT2D eigenvalue weighted by atomic mass is 32.2. The van der Waals surface area contributed by atoms with Gasteiger partial charge in [-0.3, -0.25) is 9.69 Å². The zero-order valence-corrected chi connectivity index (χ0v) is 14.6. The monoisotopic (exact) mass is 342 g/mol. The summed E-state index contributed by atoms with van der Waals surface area (Å²) in [6.45, 7) is 4.59. The maximum absolute atomic E-state index is 12.6. The van der Waals surface area contributed by atoms with Crippen LogP contribution in [0.4, 0.5) is 0 Å². The lowest BCUT2D eigenvalue weighted by molar-refractivity contribution is 0.0217. The Bertz CT molecular complexity index is 689. The molecule has 4 heterocycles. The van der Waals surface area contributed by atoms with Gasteiger partial charge in [-0.2, -0.15) is 0 Å². The summed E-state index contributed by atoms with van der Waals surface area (Å²) in [4.78, 5) is 16.2. The molecule has 3 fully saturated rings. The molecule has 0 spiro atoms. The molecule has 3 aliphatic rings. The standard InChI is InChI=1S/C19H22N2O2S/c1-13-18(14-8-10-21(13)11-9-14)20-19(22)15-4-6-16(7-5-15)24-17-3-2-12-23-17/h2-7,12-14,18H,8-11H2,1H3,(H,20,22)/t13-,18+/m1/s1. The van der Waals surface area contributed by atoms with Gasteiger partial charge in [-0.15, -0.1) is 0 Å². The summed E-state index contributed by atoms with van der Waals surface area (Å²) in [6, 6.07) is 12.3. The number of rotatable bonds is 4. The number of nitrogens with zero attached hydrogens (tertiary/aromatic N) is 1. The first-order valence-electron chi connectivity index (χ1n) is 8.57. The van der Waals surface area contributed by atoms with Crippen LogP contribution < -0.4 is 5.32 Å². The Hall–Kier alpha value is -1.72. The van der Waals surface area contributed by atoms with Crippen molar-refractivity contribution in [3.05, 3.63) is 48.2 Å². The van der Waals surface area contributed by atoms with Gasteiger partial charge in [0.1, 0.15) is 0 Å². The fourth-order valence-corrected chi connectivity index (χ4v) is 4.65. The van der Waals surface area contributed by atoms with Crippen molar-refractivity contribution >= 4 is 17.7 Å². The van der Waals surface area contributed by atoms with Crippen molar-refractivity contribution < 1.29 is 9.21 Å². The van der Waals surface area contributed by atoms with E-state index in [0.717, 1.165) is 15.6 Å². The van der Waals surface area contributed by atoms with Crippen molar-refractivity contribution in [1.29, 1.82) is 0 Å². The molecule has 1 aromatic heterocycles. The van der Waals surface area contributed by atoms with Gasteiger partial charge in [-0.1, -0.05) is 11.8 Å². The number of fused-ring (bicyclic) bond motifs is 3. The molecule has 4 nitrogen and oxygen atoms in total. The highest BCUT2D eigenvalue weighted by Crippen LogP contribution is 2.32. The van der Waals surface area contributed by atoms with E-state index in [0.29, 0.717) is 12.0 Å². The van der Waals surface area contributed by atoms with Crippen molar-refractivity contribution in [1.82, 2.24) is 10.2 Å². The molecule has 126 valence electrons. The summed E-state index contributed by atoms with van der Waals surface area (Å²) in [5.41, 5.74) is 0.724. The van der Waals surface area contributed by atoms with Gasteiger partial charge in [0.25, 0.3) is 5.91 Å². The van der Waals surface area contributed by atoms with Crippen LogP contribution in [0.15, 0.2) is 57.1 Å². The third kappa shape index (κ3) is 3.10. The molecule has 0 unspecified atom stereocenters.